The highest BCUT2D eigenvalue weighted by Crippen LogP contribution is 2.01. The van der Waals surface area contributed by atoms with Crippen LogP contribution < -0.4 is 21.6 Å². The predicted octanol–water partition coefficient (Wildman–Crippen LogP) is -1.63. The van der Waals surface area contributed by atoms with Crippen LogP contribution in [0.15, 0.2) is 0 Å². The fourth-order valence-corrected chi connectivity index (χ4v) is 1.86. The normalized spacial score (nSPS) is 11.8. The lowest BCUT2D eigenvalue weighted by Crippen LogP contribution is -2.54. The van der Waals surface area contributed by atoms with Gasteiger partial charge in [-0.25, -0.2) is 5.43 Å². The summed E-state index contributed by atoms with van der Waals surface area (Å²) in [6.45, 7) is 1.93. The van der Waals surface area contributed by atoms with Crippen molar-refractivity contribution in [2.45, 2.75) is 25.8 Å². The maximum Gasteiger partial charge on any atom is 0.259 e. The van der Waals surface area contributed by atoms with Crippen LogP contribution in [-0.2, 0) is 14.4 Å². The Hall–Kier alpha value is -1.16. The zero-order chi connectivity index (χ0) is 15.5. The van der Waals surface area contributed by atoms with E-state index in [1.54, 1.807) is 7.05 Å². The molecule has 0 heterocycles. The minimum atomic E-state index is -0.887. The average Bonchev–Trinajstić information content (AvgIpc) is 2.40. The fourth-order valence-electron chi connectivity index (χ4n) is 1.56. The van der Waals surface area contributed by atoms with Gasteiger partial charge < -0.3 is 11.1 Å². The number of carbonyl (C=O) groups excluding carboxylic acids is 3. The second-order valence-corrected chi connectivity index (χ2v) is 4.89. The largest absolute Gasteiger partial charge is 0.344 e. The molecule has 6 N–H and O–H groups in total. The van der Waals surface area contributed by atoms with Gasteiger partial charge in [-0.15, -0.1) is 0 Å². The first-order valence-electron chi connectivity index (χ1n) is 6.25. The van der Waals surface area contributed by atoms with Crippen molar-refractivity contribution in [3.63, 3.8) is 0 Å². The Morgan fingerprint density at radius 1 is 1.35 bits per heavy atom. The van der Waals surface area contributed by atoms with Crippen LogP contribution in [0.3, 0.4) is 0 Å². The molecule has 0 aliphatic rings. The molecule has 0 aliphatic heterocycles. The van der Waals surface area contributed by atoms with Gasteiger partial charge in [0.25, 0.3) is 5.91 Å². The highest BCUT2D eigenvalue weighted by atomic mass is 32.2. The summed E-state index contributed by atoms with van der Waals surface area (Å²) >= 11 is 1.05. The number of hydrogen-bond donors (Lipinski definition) is 4. The molecule has 0 aromatic rings. The van der Waals surface area contributed by atoms with E-state index in [4.69, 9.17) is 10.9 Å². The number of nitrogens with two attached hydrogens (primary N) is 2. The Kier molecular flexibility index (Phi) is 9.99. The van der Waals surface area contributed by atoms with E-state index in [0.717, 1.165) is 11.9 Å². The lowest BCUT2D eigenvalue weighted by molar-refractivity contribution is -0.140. The van der Waals surface area contributed by atoms with Gasteiger partial charge in [0.05, 0.1) is 0 Å². The van der Waals surface area contributed by atoms with Crippen LogP contribution in [-0.4, -0.2) is 54.5 Å². The van der Waals surface area contributed by atoms with E-state index in [2.05, 4.69) is 10.7 Å². The van der Waals surface area contributed by atoms with Crippen molar-refractivity contribution in [3.05, 3.63) is 0 Å². The van der Waals surface area contributed by atoms with Gasteiger partial charge in [-0.2, -0.15) is 0 Å². The smallest absolute Gasteiger partial charge is 0.259 e. The molecule has 1 atom stereocenters. The zero-order valence-corrected chi connectivity index (χ0v) is 12.7. The van der Waals surface area contributed by atoms with Crippen molar-refractivity contribution < 1.29 is 14.4 Å². The number of ketones is 1. The topological polar surface area (TPSA) is 131 Å². The van der Waals surface area contributed by atoms with Gasteiger partial charge in [0, 0.05) is 38.7 Å². The molecule has 0 aliphatic carbocycles. The number of carbonyl (C=O) groups is 3. The van der Waals surface area contributed by atoms with Crippen LogP contribution >= 0.6 is 11.9 Å². The first-order chi connectivity index (χ1) is 9.46. The monoisotopic (exact) mass is 305 g/mol. The summed E-state index contributed by atoms with van der Waals surface area (Å²) in [5.41, 5.74) is 8.10. The van der Waals surface area contributed by atoms with Crippen LogP contribution in [0.5, 0.6) is 0 Å². The molecule has 8 nitrogen and oxygen atoms in total. The Morgan fingerprint density at radius 2 is 2.00 bits per heavy atom. The first kappa shape index (κ1) is 18.8. The lowest BCUT2D eigenvalue weighted by atomic mass is 10.1. The van der Waals surface area contributed by atoms with Crippen LogP contribution in [0.2, 0.25) is 0 Å². The molecule has 1 unspecified atom stereocenters. The molecule has 0 aromatic heterocycles. The molecule has 0 bridgehead atoms. The van der Waals surface area contributed by atoms with E-state index < -0.39 is 6.04 Å². The standard InChI is InChI=1S/C11H23N5O3S/c1-8(17)7-9(15-10(18)3-6-20-13)11(19)16(14-2)5-4-12/h9,14H,3-7,12-13H2,1-2H3,(H,15,18). The molecule has 0 radical (unpaired) electrons. The maximum atomic E-state index is 12.2. The summed E-state index contributed by atoms with van der Waals surface area (Å²) in [4.78, 5) is 35.1. The van der Waals surface area contributed by atoms with Crippen molar-refractivity contribution >= 4 is 29.5 Å². The quantitative estimate of drug-likeness (QED) is 0.281. The second-order valence-electron chi connectivity index (χ2n) is 4.15. The summed E-state index contributed by atoms with van der Waals surface area (Å²) < 4.78 is 0. The van der Waals surface area contributed by atoms with Gasteiger partial charge in [-0.1, -0.05) is 11.9 Å². The highest BCUT2D eigenvalue weighted by molar-refractivity contribution is 7.97. The van der Waals surface area contributed by atoms with E-state index in [9.17, 15) is 14.4 Å². The van der Waals surface area contributed by atoms with Crippen molar-refractivity contribution in [2.75, 3.05) is 25.9 Å². The Morgan fingerprint density at radius 3 is 2.45 bits per heavy atom. The van der Waals surface area contributed by atoms with Gasteiger partial charge in [-0.3, -0.25) is 24.5 Å². The number of hydrogen-bond acceptors (Lipinski definition) is 7. The van der Waals surface area contributed by atoms with E-state index >= 15 is 0 Å². The number of Topliss-reactive ketones (excluding diaryl/α,β-unsaturated/α-hetero) is 1. The number of rotatable bonds is 10. The lowest BCUT2D eigenvalue weighted by Gasteiger charge is -2.26. The molecule has 9 heteroatoms. The molecule has 0 saturated heterocycles. The molecule has 0 spiro atoms. The molecule has 0 saturated carbocycles. The van der Waals surface area contributed by atoms with Gasteiger partial charge in [0.2, 0.25) is 5.91 Å². The van der Waals surface area contributed by atoms with Crippen LogP contribution in [0, 0.1) is 0 Å². The zero-order valence-electron chi connectivity index (χ0n) is 11.8. The molecular weight excluding hydrogens is 282 g/mol. The molecular formula is C11H23N5O3S. The summed E-state index contributed by atoms with van der Waals surface area (Å²) in [5, 5.41) is 9.08. The van der Waals surface area contributed by atoms with Gasteiger partial charge in [-0.05, 0) is 6.92 Å². The number of amides is 2. The van der Waals surface area contributed by atoms with Crippen molar-refractivity contribution in [1.82, 2.24) is 15.8 Å². The molecule has 0 fully saturated rings. The fraction of sp³-hybridized carbons (Fsp3) is 0.727. The number of nitrogens with one attached hydrogen (secondary N) is 2. The summed E-state index contributed by atoms with van der Waals surface area (Å²) in [6.07, 6.45) is 0.141. The Bertz CT molecular complexity index is 340. The van der Waals surface area contributed by atoms with Crippen molar-refractivity contribution in [2.24, 2.45) is 10.9 Å². The molecule has 20 heavy (non-hydrogen) atoms. The summed E-state index contributed by atoms with van der Waals surface area (Å²) in [5.74, 6) is -0.431. The molecule has 116 valence electrons. The van der Waals surface area contributed by atoms with E-state index in [-0.39, 0.29) is 43.5 Å². The SMILES string of the molecule is CNN(CCN)C(=O)C(CC(C)=O)NC(=O)CCSN. The summed E-state index contributed by atoms with van der Waals surface area (Å²) in [7, 11) is 1.57. The van der Waals surface area contributed by atoms with E-state index in [0.29, 0.717) is 5.75 Å². The predicted molar refractivity (Wildman–Crippen MR) is 78.3 cm³/mol. The Balaban J connectivity index is 4.72. The Labute approximate surface area is 123 Å². The summed E-state index contributed by atoms with van der Waals surface area (Å²) in [6, 6.07) is -0.887. The van der Waals surface area contributed by atoms with Gasteiger partial charge >= 0.3 is 0 Å². The first-order valence-corrected chi connectivity index (χ1v) is 7.30. The average molecular weight is 305 g/mol. The third-order valence-electron chi connectivity index (χ3n) is 2.46. The minimum Gasteiger partial charge on any atom is -0.344 e. The highest BCUT2D eigenvalue weighted by Gasteiger charge is 2.26. The van der Waals surface area contributed by atoms with Gasteiger partial charge in [0.1, 0.15) is 11.8 Å². The van der Waals surface area contributed by atoms with E-state index in [1.807, 2.05) is 0 Å². The minimum absolute atomic E-state index is 0.0525. The number of hydrazine groups is 1. The van der Waals surface area contributed by atoms with E-state index in [1.165, 1.54) is 11.9 Å². The molecule has 0 aromatic carbocycles. The van der Waals surface area contributed by atoms with Gasteiger partial charge in [0.15, 0.2) is 0 Å². The molecule has 2 amide bonds. The third-order valence-corrected chi connectivity index (χ3v) is 2.90. The number of nitrogens with zero attached hydrogens (tertiary/aromatic N) is 1. The maximum absolute atomic E-state index is 12.2. The molecule has 0 rings (SSSR count). The third kappa shape index (κ3) is 7.43. The van der Waals surface area contributed by atoms with Crippen LogP contribution in [0.4, 0.5) is 0 Å². The van der Waals surface area contributed by atoms with Crippen molar-refractivity contribution in [1.29, 1.82) is 0 Å². The van der Waals surface area contributed by atoms with Crippen molar-refractivity contribution in [3.8, 4) is 0 Å². The second kappa shape index (κ2) is 10.6. The van der Waals surface area contributed by atoms with Crippen LogP contribution in [0.25, 0.3) is 0 Å². The van der Waals surface area contributed by atoms with Crippen LogP contribution in [0.1, 0.15) is 19.8 Å².